The van der Waals surface area contributed by atoms with Crippen molar-refractivity contribution in [3.05, 3.63) is 49.6 Å². The van der Waals surface area contributed by atoms with Gasteiger partial charge >= 0.3 is 5.97 Å². The maximum absolute atomic E-state index is 12.3. The fourth-order valence-electron chi connectivity index (χ4n) is 1.82. The number of benzene rings is 1. The summed E-state index contributed by atoms with van der Waals surface area (Å²) in [6, 6.07) is 5.32. The Morgan fingerprint density at radius 1 is 1.25 bits per heavy atom. The van der Waals surface area contributed by atoms with Crippen LogP contribution in [0.25, 0.3) is 0 Å². The maximum atomic E-state index is 12.3. The Kier molecular flexibility index (Phi) is 4.25. The van der Waals surface area contributed by atoms with Crippen LogP contribution in [0.2, 0.25) is 0 Å². The van der Waals surface area contributed by atoms with Crippen molar-refractivity contribution in [2.24, 2.45) is 0 Å². The zero-order chi connectivity index (χ0) is 14.9. The van der Waals surface area contributed by atoms with Crippen LogP contribution in [0, 0.1) is 13.8 Å². The van der Waals surface area contributed by atoms with Gasteiger partial charge in [-0.2, -0.15) is 0 Å². The molecule has 1 aromatic heterocycles. The van der Waals surface area contributed by atoms with Gasteiger partial charge in [0, 0.05) is 10.0 Å². The van der Waals surface area contributed by atoms with Gasteiger partial charge in [0.05, 0.1) is 5.69 Å². The van der Waals surface area contributed by atoms with Crippen molar-refractivity contribution >= 4 is 44.8 Å². The predicted molar refractivity (Wildman–Crippen MR) is 82.8 cm³/mol. The van der Waals surface area contributed by atoms with Crippen LogP contribution in [0.15, 0.2) is 28.1 Å². The highest BCUT2D eigenvalue weighted by atomic mass is 79.9. The fraction of sp³-hybridized carbons (Fsp3) is 0.143. The molecule has 0 bridgehead atoms. The first-order chi connectivity index (χ1) is 9.40. The number of nitrogens with one attached hydrogen (secondary N) is 1. The van der Waals surface area contributed by atoms with E-state index < -0.39 is 5.97 Å². The lowest BCUT2D eigenvalue weighted by molar-refractivity contribution is 0.0703. The zero-order valence-electron chi connectivity index (χ0n) is 10.9. The molecular weight excluding hydrogens is 342 g/mol. The number of halogens is 1. The monoisotopic (exact) mass is 353 g/mol. The number of aromatic carboxylic acids is 1. The Hall–Kier alpha value is -1.66. The molecule has 1 heterocycles. The topological polar surface area (TPSA) is 66.4 Å². The first kappa shape index (κ1) is 14.7. The van der Waals surface area contributed by atoms with Crippen molar-refractivity contribution < 1.29 is 14.7 Å². The second-order valence-electron chi connectivity index (χ2n) is 4.34. The van der Waals surface area contributed by atoms with Gasteiger partial charge in [0.25, 0.3) is 5.91 Å². The second-order valence-corrected chi connectivity index (χ2v) is 6.14. The summed E-state index contributed by atoms with van der Waals surface area (Å²) in [7, 11) is 0. The van der Waals surface area contributed by atoms with Crippen LogP contribution in [0.4, 0.5) is 5.69 Å². The summed E-state index contributed by atoms with van der Waals surface area (Å²) in [6.45, 7) is 3.60. The van der Waals surface area contributed by atoms with Crippen molar-refractivity contribution in [3.8, 4) is 0 Å². The first-order valence-electron chi connectivity index (χ1n) is 5.79. The van der Waals surface area contributed by atoms with Crippen LogP contribution < -0.4 is 5.32 Å². The molecule has 0 aliphatic rings. The molecule has 0 aliphatic heterocycles. The van der Waals surface area contributed by atoms with Crippen LogP contribution in [0.1, 0.15) is 31.2 Å². The minimum Gasteiger partial charge on any atom is -0.477 e. The van der Waals surface area contributed by atoms with Gasteiger partial charge < -0.3 is 10.4 Å². The molecule has 1 aromatic carbocycles. The SMILES string of the molecule is Cc1cc(Br)ccc1C(=O)Nc1c(C)csc1C(=O)O. The minimum atomic E-state index is -1.04. The predicted octanol–water partition coefficient (Wildman–Crippen LogP) is 4.08. The van der Waals surface area contributed by atoms with Gasteiger partial charge in [-0.1, -0.05) is 15.9 Å². The molecule has 2 rings (SSSR count). The van der Waals surface area contributed by atoms with E-state index in [0.29, 0.717) is 11.3 Å². The van der Waals surface area contributed by atoms with E-state index in [1.165, 1.54) is 0 Å². The van der Waals surface area contributed by atoms with E-state index in [4.69, 9.17) is 5.11 Å². The summed E-state index contributed by atoms with van der Waals surface area (Å²) in [5, 5.41) is 13.5. The average molecular weight is 354 g/mol. The van der Waals surface area contributed by atoms with Gasteiger partial charge in [0.1, 0.15) is 4.88 Å². The largest absolute Gasteiger partial charge is 0.477 e. The van der Waals surface area contributed by atoms with Crippen molar-refractivity contribution in [1.82, 2.24) is 0 Å². The standard InChI is InChI=1S/C14H12BrNO3S/c1-7-5-9(15)3-4-10(7)13(17)16-11-8(2)6-20-12(11)14(18)19/h3-6H,1-2H3,(H,16,17)(H,18,19). The van der Waals surface area contributed by atoms with Gasteiger partial charge in [0.2, 0.25) is 0 Å². The lowest BCUT2D eigenvalue weighted by Gasteiger charge is -2.09. The van der Waals surface area contributed by atoms with E-state index in [9.17, 15) is 9.59 Å². The third-order valence-electron chi connectivity index (χ3n) is 2.84. The number of amides is 1. The van der Waals surface area contributed by atoms with Crippen LogP contribution in [0.5, 0.6) is 0 Å². The number of thiophene rings is 1. The maximum Gasteiger partial charge on any atom is 0.348 e. The Balaban J connectivity index is 2.33. The molecule has 2 N–H and O–H groups in total. The summed E-state index contributed by atoms with van der Waals surface area (Å²) in [5.74, 6) is -1.34. The molecule has 0 unspecified atom stereocenters. The molecule has 1 amide bonds. The van der Waals surface area contributed by atoms with E-state index in [0.717, 1.165) is 26.9 Å². The molecule has 104 valence electrons. The van der Waals surface area contributed by atoms with Crippen LogP contribution in [-0.4, -0.2) is 17.0 Å². The fourth-order valence-corrected chi connectivity index (χ4v) is 3.14. The number of carboxylic acids is 1. The normalized spacial score (nSPS) is 10.3. The third-order valence-corrected chi connectivity index (χ3v) is 4.42. The van der Waals surface area contributed by atoms with E-state index in [2.05, 4.69) is 21.2 Å². The number of carbonyl (C=O) groups is 2. The van der Waals surface area contributed by atoms with Crippen molar-refractivity contribution in [3.63, 3.8) is 0 Å². The molecule has 20 heavy (non-hydrogen) atoms. The molecule has 0 spiro atoms. The Bertz CT molecular complexity index is 694. The Morgan fingerprint density at radius 3 is 2.55 bits per heavy atom. The molecule has 0 aliphatic carbocycles. The molecule has 0 atom stereocenters. The van der Waals surface area contributed by atoms with Crippen molar-refractivity contribution in [2.45, 2.75) is 13.8 Å². The molecule has 0 fully saturated rings. The minimum absolute atomic E-state index is 0.144. The zero-order valence-corrected chi connectivity index (χ0v) is 13.3. The van der Waals surface area contributed by atoms with Crippen LogP contribution in [0.3, 0.4) is 0 Å². The van der Waals surface area contributed by atoms with E-state index in [1.807, 2.05) is 13.0 Å². The molecule has 0 saturated carbocycles. The number of anilines is 1. The number of aryl methyl sites for hydroxylation is 2. The third kappa shape index (κ3) is 2.91. The summed E-state index contributed by atoms with van der Waals surface area (Å²) in [4.78, 5) is 23.5. The van der Waals surface area contributed by atoms with Crippen molar-refractivity contribution in [1.29, 1.82) is 0 Å². The van der Waals surface area contributed by atoms with Gasteiger partial charge in [0.15, 0.2) is 0 Å². The quantitative estimate of drug-likeness (QED) is 0.873. The molecule has 0 saturated heterocycles. The van der Waals surface area contributed by atoms with Gasteiger partial charge in [-0.05, 0) is 48.6 Å². The van der Waals surface area contributed by atoms with E-state index in [-0.39, 0.29) is 10.8 Å². The highest BCUT2D eigenvalue weighted by Gasteiger charge is 2.18. The molecular formula is C14H12BrNO3S. The van der Waals surface area contributed by atoms with Crippen molar-refractivity contribution in [2.75, 3.05) is 5.32 Å². The second kappa shape index (κ2) is 5.76. The van der Waals surface area contributed by atoms with Crippen LogP contribution in [-0.2, 0) is 0 Å². The summed E-state index contributed by atoms with van der Waals surface area (Å²) >= 11 is 4.45. The van der Waals surface area contributed by atoms with E-state index in [1.54, 1.807) is 24.4 Å². The molecule has 0 radical (unpaired) electrons. The average Bonchev–Trinajstić information content (AvgIpc) is 2.71. The lowest BCUT2D eigenvalue weighted by Crippen LogP contribution is -2.15. The van der Waals surface area contributed by atoms with Crippen LogP contribution >= 0.6 is 27.3 Å². The number of carboxylic acid groups (broad SMARTS) is 1. The molecule has 2 aromatic rings. The van der Waals surface area contributed by atoms with Gasteiger partial charge in [-0.15, -0.1) is 11.3 Å². The molecule has 4 nitrogen and oxygen atoms in total. The van der Waals surface area contributed by atoms with E-state index >= 15 is 0 Å². The number of hydrogen-bond acceptors (Lipinski definition) is 3. The summed E-state index contributed by atoms with van der Waals surface area (Å²) < 4.78 is 0.893. The highest BCUT2D eigenvalue weighted by molar-refractivity contribution is 9.10. The number of carbonyl (C=O) groups excluding carboxylic acids is 1. The van der Waals surface area contributed by atoms with Gasteiger partial charge in [-0.3, -0.25) is 4.79 Å². The number of rotatable bonds is 3. The Labute approximate surface area is 128 Å². The summed E-state index contributed by atoms with van der Waals surface area (Å²) in [6.07, 6.45) is 0. The highest BCUT2D eigenvalue weighted by Crippen LogP contribution is 2.28. The molecule has 6 heteroatoms. The number of hydrogen-bond donors (Lipinski definition) is 2. The van der Waals surface area contributed by atoms with Gasteiger partial charge in [-0.25, -0.2) is 4.79 Å². The first-order valence-corrected chi connectivity index (χ1v) is 7.46. The summed E-state index contributed by atoms with van der Waals surface area (Å²) in [5.41, 5.74) is 2.46. The Morgan fingerprint density at radius 2 is 1.95 bits per heavy atom. The smallest absolute Gasteiger partial charge is 0.348 e. The lowest BCUT2D eigenvalue weighted by atomic mass is 10.1.